The van der Waals surface area contributed by atoms with Gasteiger partial charge in [0.25, 0.3) is 0 Å². The number of Topliss-reactive ketones (excluding diaryl/α,β-unsaturated/α-hetero) is 1. The lowest BCUT2D eigenvalue weighted by atomic mass is 9.99. The number of carbonyl (C=O) groups excluding carboxylic acids is 2. The first-order valence-corrected chi connectivity index (χ1v) is 5.97. The summed E-state index contributed by atoms with van der Waals surface area (Å²) in [7, 11) is 3.14. The van der Waals surface area contributed by atoms with Gasteiger partial charge in [-0.1, -0.05) is 20.3 Å². The normalized spacial score (nSPS) is 13.8. The van der Waals surface area contributed by atoms with E-state index < -0.39 is 12.0 Å². The first-order valence-electron chi connectivity index (χ1n) is 5.97. The Kier molecular flexibility index (Phi) is 7.19. The molecular formula is C12H22N2O4. The standard InChI is InChI=1S/C12H22N2O4/c1-5-8(2)11(12(17)18)13-7-9(15)6-10(16)14(3)4/h8,11,13H,5-7H2,1-4H3,(H,17,18)/t8-,11-/m0/s1. The number of carboxylic acids is 1. The van der Waals surface area contributed by atoms with Crippen LogP contribution in [0.2, 0.25) is 0 Å². The quantitative estimate of drug-likeness (QED) is 0.604. The molecule has 0 saturated heterocycles. The molecule has 0 aliphatic rings. The number of hydrogen-bond donors (Lipinski definition) is 2. The largest absolute Gasteiger partial charge is 0.480 e. The zero-order valence-corrected chi connectivity index (χ0v) is 11.4. The Bertz CT molecular complexity index is 315. The van der Waals surface area contributed by atoms with Gasteiger partial charge in [-0.2, -0.15) is 0 Å². The molecule has 2 N–H and O–H groups in total. The summed E-state index contributed by atoms with van der Waals surface area (Å²) in [5, 5.41) is 11.7. The highest BCUT2D eigenvalue weighted by Crippen LogP contribution is 2.07. The average molecular weight is 258 g/mol. The third-order valence-electron chi connectivity index (χ3n) is 2.85. The van der Waals surface area contributed by atoms with Gasteiger partial charge >= 0.3 is 5.97 Å². The molecule has 0 bridgehead atoms. The lowest BCUT2D eigenvalue weighted by Crippen LogP contribution is -2.44. The molecule has 0 heterocycles. The Morgan fingerprint density at radius 1 is 1.28 bits per heavy atom. The van der Waals surface area contributed by atoms with Gasteiger partial charge in [-0.15, -0.1) is 0 Å². The lowest BCUT2D eigenvalue weighted by Gasteiger charge is -2.19. The number of carbonyl (C=O) groups is 3. The van der Waals surface area contributed by atoms with Gasteiger partial charge in [0.05, 0.1) is 13.0 Å². The van der Waals surface area contributed by atoms with Gasteiger partial charge < -0.3 is 10.0 Å². The van der Waals surface area contributed by atoms with Crippen LogP contribution in [0.4, 0.5) is 0 Å². The molecule has 6 heteroatoms. The van der Waals surface area contributed by atoms with E-state index in [4.69, 9.17) is 5.11 Å². The minimum absolute atomic E-state index is 0.0696. The Morgan fingerprint density at radius 2 is 1.83 bits per heavy atom. The van der Waals surface area contributed by atoms with Crippen molar-refractivity contribution in [3.63, 3.8) is 0 Å². The topological polar surface area (TPSA) is 86.7 Å². The minimum Gasteiger partial charge on any atom is -0.480 e. The zero-order chi connectivity index (χ0) is 14.3. The summed E-state index contributed by atoms with van der Waals surface area (Å²) in [6.45, 7) is 3.60. The zero-order valence-electron chi connectivity index (χ0n) is 11.4. The van der Waals surface area contributed by atoms with Crippen LogP contribution in [0, 0.1) is 5.92 Å². The molecule has 104 valence electrons. The highest BCUT2D eigenvalue weighted by atomic mass is 16.4. The summed E-state index contributed by atoms with van der Waals surface area (Å²) in [5.41, 5.74) is 0. The molecule has 0 radical (unpaired) electrons. The van der Waals surface area contributed by atoms with Crippen LogP contribution in [0.3, 0.4) is 0 Å². The van der Waals surface area contributed by atoms with Crippen molar-refractivity contribution in [3.8, 4) is 0 Å². The van der Waals surface area contributed by atoms with Crippen LogP contribution < -0.4 is 5.32 Å². The second-order valence-corrected chi connectivity index (χ2v) is 4.59. The average Bonchev–Trinajstić information content (AvgIpc) is 2.27. The van der Waals surface area contributed by atoms with Crippen molar-refractivity contribution in [2.24, 2.45) is 5.92 Å². The number of hydrogen-bond acceptors (Lipinski definition) is 4. The molecule has 1 amide bonds. The molecule has 0 aliphatic heterocycles. The second kappa shape index (κ2) is 7.81. The van der Waals surface area contributed by atoms with Crippen LogP contribution in [0.25, 0.3) is 0 Å². The molecule has 6 nitrogen and oxygen atoms in total. The van der Waals surface area contributed by atoms with Crippen LogP contribution in [0.15, 0.2) is 0 Å². The summed E-state index contributed by atoms with van der Waals surface area (Å²) in [5.74, 6) is -1.63. The van der Waals surface area contributed by atoms with Crippen molar-refractivity contribution in [1.82, 2.24) is 10.2 Å². The van der Waals surface area contributed by atoms with Crippen LogP contribution in [0.1, 0.15) is 26.7 Å². The fraction of sp³-hybridized carbons (Fsp3) is 0.750. The lowest BCUT2D eigenvalue weighted by molar-refractivity contribution is -0.140. The third-order valence-corrected chi connectivity index (χ3v) is 2.85. The highest BCUT2D eigenvalue weighted by Gasteiger charge is 2.23. The van der Waals surface area contributed by atoms with Crippen LogP contribution >= 0.6 is 0 Å². The summed E-state index contributed by atoms with van der Waals surface area (Å²) in [6, 6.07) is -0.756. The summed E-state index contributed by atoms with van der Waals surface area (Å²) < 4.78 is 0. The van der Waals surface area contributed by atoms with E-state index in [1.807, 2.05) is 6.92 Å². The van der Waals surface area contributed by atoms with Gasteiger partial charge in [-0.25, -0.2) is 0 Å². The molecule has 0 saturated carbocycles. The fourth-order valence-corrected chi connectivity index (χ4v) is 1.38. The van der Waals surface area contributed by atoms with Crippen LogP contribution in [0.5, 0.6) is 0 Å². The number of aliphatic carboxylic acids is 1. The molecule has 0 fully saturated rings. The molecule has 0 aromatic rings. The third kappa shape index (κ3) is 5.77. The number of nitrogens with zero attached hydrogens (tertiary/aromatic N) is 1. The van der Waals surface area contributed by atoms with Crippen LogP contribution in [-0.2, 0) is 14.4 Å². The number of ketones is 1. The second-order valence-electron chi connectivity index (χ2n) is 4.59. The minimum atomic E-state index is -0.976. The van der Waals surface area contributed by atoms with Gasteiger partial charge in [0.2, 0.25) is 5.91 Å². The number of amides is 1. The molecule has 0 rings (SSSR count). The first-order chi connectivity index (χ1) is 8.29. The molecule has 0 aliphatic carbocycles. The number of carboxylic acid groups (broad SMARTS) is 1. The predicted molar refractivity (Wildman–Crippen MR) is 67.2 cm³/mol. The van der Waals surface area contributed by atoms with E-state index in [0.29, 0.717) is 6.42 Å². The van der Waals surface area contributed by atoms with Gasteiger partial charge in [0.15, 0.2) is 5.78 Å². The van der Waals surface area contributed by atoms with E-state index >= 15 is 0 Å². The van der Waals surface area contributed by atoms with E-state index in [9.17, 15) is 14.4 Å². The van der Waals surface area contributed by atoms with Gasteiger partial charge in [0, 0.05) is 14.1 Å². The molecule has 2 atom stereocenters. The highest BCUT2D eigenvalue weighted by molar-refractivity contribution is 5.98. The van der Waals surface area contributed by atoms with Crippen molar-refractivity contribution < 1.29 is 19.5 Å². The molecule has 0 unspecified atom stereocenters. The Hall–Kier alpha value is -1.43. The SMILES string of the molecule is CC[C@H](C)[C@H](NCC(=O)CC(=O)N(C)C)C(=O)O. The van der Waals surface area contributed by atoms with E-state index in [0.717, 1.165) is 0 Å². The summed E-state index contributed by atoms with van der Waals surface area (Å²) in [4.78, 5) is 35.1. The van der Waals surface area contributed by atoms with E-state index in [-0.39, 0.29) is 30.6 Å². The van der Waals surface area contributed by atoms with Crippen LogP contribution in [-0.4, -0.2) is 54.3 Å². The summed E-state index contributed by atoms with van der Waals surface area (Å²) >= 11 is 0. The fourth-order valence-electron chi connectivity index (χ4n) is 1.38. The maximum absolute atomic E-state index is 11.5. The predicted octanol–water partition coefficient (Wildman–Crippen LogP) is 0.123. The Morgan fingerprint density at radius 3 is 2.22 bits per heavy atom. The van der Waals surface area contributed by atoms with Crippen molar-refractivity contribution in [2.45, 2.75) is 32.7 Å². The Labute approximate surface area is 107 Å². The molecule has 0 spiro atoms. The maximum atomic E-state index is 11.5. The van der Waals surface area contributed by atoms with E-state index in [2.05, 4.69) is 5.32 Å². The molecular weight excluding hydrogens is 236 g/mol. The van der Waals surface area contributed by atoms with Gasteiger partial charge in [0.1, 0.15) is 6.04 Å². The maximum Gasteiger partial charge on any atom is 0.320 e. The monoisotopic (exact) mass is 258 g/mol. The van der Waals surface area contributed by atoms with Gasteiger partial charge in [-0.05, 0) is 5.92 Å². The Balaban J connectivity index is 4.24. The van der Waals surface area contributed by atoms with Crippen molar-refractivity contribution in [3.05, 3.63) is 0 Å². The molecule has 0 aromatic heterocycles. The van der Waals surface area contributed by atoms with Crippen molar-refractivity contribution in [1.29, 1.82) is 0 Å². The summed E-state index contributed by atoms with van der Waals surface area (Å²) in [6.07, 6.45) is 0.502. The molecule has 18 heavy (non-hydrogen) atoms. The van der Waals surface area contributed by atoms with E-state index in [1.54, 1.807) is 21.0 Å². The molecule has 0 aromatic carbocycles. The first kappa shape index (κ1) is 16.6. The smallest absolute Gasteiger partial charge is 0.320 e. The number of nitrogens with one attached hydrogen (secondary N) is 1. The van der Waals surface area contributed by atoms with Crippen molar-refractivity contribution in [2.75, 3.05) is 20.6 Å². The van der Waals surface area contributed by atoms with Crippen molar-refractivity contribution >= 4 is 17.7 Å². The number of rotatable bonds is 8. The van der Waals surface area contributed by atoms with Gasteiger partial charge in [-0.3, -0.25) is 19.7 Å². The van der Waals surface area contributed by atoms with E-state index in [1.165, 1.54) is 4.90 Å².